The van der Waals surface area contributed by atoms with E-state index in [0.29, 0.717) is 0 Å². The van der Waals surface area contributed by atoms with Gasteiger partial charge in [0.2, 0.25) is 5.88 Å². The van der Waals surface area contributed by atoms with Crippen LogP contribution in [0.1, 0.15) is 13.8 Å². The van der Waals surface area contributed by atoms with Crippen LogP contribution in [0, 0.1) is 0 Å². The first-order valence-corrected chi connectivity index (χ1v) is 8.32. The number of halogens is 1. The molecule has 20 heavy (non-hydrogen) atoms. The van der Waals surface area contributed by atoms with E-state index in [1.807, 2.05) is 13.8 Å². The number of aromatic nitrogens is 2. The second-order valence-electron chi connectivity index (χ2n) is 4.06. The molecule has 0 aliphatic rings. The third-order valence-corrected chi connectivity index (χ3v) is 5.03. The lowest BCUT2D eigenvalue weighted by atomic mass is 10.4. The first-order valence-electron chi connectivity index (χ1n) is 5.64. The molecular weight excluding hydrogens is 322 g/mol. The van der Waals surface area contributed by atoms with Crippen molar-refractivity contribution < 1.29 is 13.2 Å². The molecule has 0 amide bonds. The van der Waals surface area contributed by atoms with E-state index in [4.69, 9.17) is 16.3 Å². The summed E-state index contributed by atoms with van der Waals surface area (Å²) in [5.41, 5.74) is 0.269. The van der Waals surface area contributed by atoms with Crippen molar-refractivity contribution in [2.45, 2.75) is 24.2 Å². The minimum absolute atomic E-state index is 0.0295. The molecule has 2 aromatic heterocycles. The van der Waals surface area contributed by atoms with E-state index < -0.39 is 10.0 Å². The van der Waals surface area contributed by atoms with Crippen molar-refractivity contribution in [3.63, 3.8) is 0 Å². The number of nitrogens with one attached hydrogen (secondary N) is 1. The van der Waals surface area contributed by atoms with E-state index in [9.17, 15) is 8.42 Å². The summed E-state index contributed by atoms with van der Waals surface area (Å²) in [5.74, 6) is 0.224. The van der Waals surface area contributed by atoms with E-state index >= 15 is 0 Å². The van der Waals surface area contributed by atoms with Crippen molar-refractivity contribution in [1.29, 1.82) is 0 Å². The highest BCUT2D eigenvalue weighted by atomic mass is 35.5. The van der Waals surface area contributed by atoms with Gasteiger partial charge in [-0.2, -0.15) is 0 Å². The Morgan fingerprint density at radius 1 is 1.40 bits per heavy atom. The Morgan fingerprint density at radius 3 is 2.75 bits per heavy atom. The van der Waals surface area contributed by atoms with Gasteiger partial charge in [-0.05, 0) is 26.0 Å². The number of sulfonamides is 1. The van der Waals surface area contributed by atoms with Gasteiger partial charge in [0.25, 0.3) is 10.0 Å². The van der Waals surface area contributed by atoms with Crippen LogP contribution in [-0.4, -0.2) is 24.5 Å². The summed E-state index contributed by atoms with van der Waals surface area (Å²) in [7, 11) is -3.75. The molecule has 9 heteroatoms. The molecule has 0 saturated carbocycles. The molecule has 2 aromatic rings. The normalized spacial score (nSPS) is 11.6. The monoisotopic (exact) mass is 333 g/mol. The molecule has 0 atom stereocenters. The van der Waals surface area contributed by atoms with Gasteiger partial charge in [0, 0.05) is 6.20 Å². The fourth-order valence-corrected chi connectivity index (χ4v) is 3.69. The van der Waals surface area contributed by atoms with E-state index in [0.717, 1.165) is 11.3 Å². The molecule has 0 saturated heterocycles. The molecule has 1 N–H and O–H groups in total. The number of anilines is 1. The highest BCUT2D eigenvalue weighted by molar-refractivity contribution is 7.94. The molecule has 0 aromatic carbocycles. The van der Waals surface area contributed by atoms with E-state index in [2.05, 4.69) is 14.7 Å². The van der Waals surface area contributed by atoms with Crippen LogP contribution in [0.4, 0.5) is 5.69 Å². The maximum Gasteiger partial charge on any atom is 0.273 e. The number of hydrogen-bond acceptors (Lipinski definition) is 6. The SMILES string of the molecule is CC(C)Oc1ncccc1NS(=O)(=O)c1cnc(Cl)s1. The van der Waals surface area contributed by atoms with E-state index in [1.54, 1.807) is 12.1 Å². The van der Waals surface area contributed by atoms with Gasteiger partial charge in [0.05, 0.1) is 12.3 Å². The predicted octanol–water partition coefficient (Wildman–Crippen LogP) is 2.78. The maximum atomic E-state index is 12.2. The zero-order valence-corrected chi connectivity index (χ0v) is 13.1. The third-order valence-electron chi connectivity index (χ3n) is 2.08. The number of pyridine rings is 1. The predicted molar refractivity (Wildman–Crippen MR) is 77.9 cm³/mol. The van der Waals surface area contributed by atoms with Crippen LogP contribution in [0.25, 0.3) is 0 Å². The van der Waals surface area contributed by atoms with Gasteiger partial charge >= 0.3 is 0 Å². The highest BCUT2D eigenvalue weighted by Gasteiger charge is 2.20. The first kappa shape index (κ1) is 15.0. The summed E-state index contributed by atoms with van der Waals surface area (Å²) in [6.45, 7) is 3.66. The lowest BCUT2D eigenvalue weighted by Gasteiger charge is -2.13. The largest absolute Gasteiger partial charge is 0.473 e. The zero-order chi connectivity index (χ0) is 14.8. The van der Waals surface area contributed by atoms with Crippen LogP contribution in [0.3, 0.4) is 0 Å². The Bertz CT molecular complexity index is 700. The Kier molecular flexibility index (Phi) is 4.46. The van der Waals surface area contributed by atoms with Gasteiger partial charge in [-0.1, -0.05) is 22.9 Å². The molecule has 0 bridgehead atoms. The minimum Gasteiger partial charge on any atom is -0.473 e. The van der Waals surface area contributed by atoms with Crippen LogP contribution in [0.2, 0.25) is 4.47 Å². The minimum atomic E-state index is -3.75. The molecule has 2 rings (SSSR count). The fourth-order valence-electron chi connectivity index (χ4n) is 1.34. The quantitative estimate of drug-likeness (QED) is 0.909. The Labute approximate surface area is 125 Å². The number of nitrogens with zero attached hydrogens (tertiary/aromatic N) is 2. The topological polar surface area (TPSA) is 81.2 Å². The number of thiazole rings is 1. The van der Waals surface area contributed by atoms with Crippen molar-refractivity contribution in [3.8, 4) is 5.88 Å². The summed E-state index contributed by atoms with van der Waals surface area (Å²) in [6.07, 6.45) is 2.61. The first-order chi connectivity index (χ1) is 9.38. The average Bonchev–Trinajstić information content (AvgIpc) is 2.78. The average molecular weight is 334 g/mol. The smallest absolute Gasteiger partial charge is 0.273 e. The molecule has 108 valence electrons. The lowest BCUT2D eigenvalue weighted by Crippen LogP contribution is -2.15. The van der Waals surface area contributed by atoms with Gasteiger partial charge < -0.3 is 4.74 Å². The third kappa shape index (κ3) is 3.59. The summed E-state index contributed by atoms with van der Waals surface area (Å²) >= 11 is 6.52. The second-order valence-corrected chi connectivity index (χ2v) is 7.58. The maximum absolute atomic E-state index is 12.2. The van der Waals surface area contributed by atoms with Gasteiger partial charge in [0.15, 0.2) is 8.68 Å². The lowest BCUT2D eigenvalue weighted by molar-refractivity contribution is 0.234. The Balaban J connectivity index is 2.30. The van der Waals surface area contributed by atoms with Crippen LogP contribution in [0.15, 0.2) is 28.7 Å². The fraction of sp³-hybridized carbons (Fsp3) is 0.273. The van der Waals surface area contributed by atoms with E-state index in [-0.39, 0.29) is 26.3 Å². The van der Waals surface area contributed by atoms with Crippen LogP contribution in [-0.2, 0) is 10.0 Å². The van der Waals surface area contributed by atoms with Gasteiger partial charge in [-0.25, -0.2) is 18.4 Å². The molecule has 0 unspecified atom stereocenters. The van der Waals surface area contributed by atoms with Gasteiger partial charge in [0.1, 0.15) is 5.69 Å². The number of hydrogen-bond donors (Lipinski definition) is 1. The van der Waals surface area contributed by atoms with Gasteiger partial charge in [-0.15, -0.1) is 0 Å². The van der Waals surface area contributed by atoms with Crippen LogP contribution < -0.4 is 9.46 Å². The summed E-state index contributed by atoms with van der Waals surface area (Å²) in [5, 5.41) is 0. The highest BCUT2D eigenvalue weighted by Crippen LogP contribution is 2.28. The summed E-state index contributed by atoms with van der Waals surface area (Å²) < 4.78 is 32.4. The van der Waals surface area contributed by atoms with Crippen LogP contribution >= 0.6 is 22.9 Å². The van der Waals surface area contributed by atoms with Crippen LogP contribution in [0.5, 0.6) is 5.88 Å². The van der Waals surface area contributed by atoms with Crippen molar-refractivity contribution in [2.24, 2.45) is 0 Å². The molecule has 0 aliphatic heterocycles. The number of ether oxygens (including phenoxy) is 1. The van der Waals surface area contributed by atoms with Crippen molar-refractivity contribution >= 4 is 38.6 Å². The molecule has 0 spiro atoms. The standard InChI is InChI=1S/C11H12ClN3O3S2/c1-7(2)18-10-8(4-3-5-13-10)15-20(16,17)9-6-14-11(12)19-9/h3-7,15H,1-2H3. The molecule has 6 nitrogen and oxygen atoms in total. The van der Waals surface area contributed by atoms with Crippen molar-refractivity contribution in [1.82, 2.24) is 9.97 Å². The molecule has 2 heterocycles. The van der Waals surface area contributed by atoms with E-state index in [1.165, 1.54) is 12.4 Å². The van der Waals surface area contributed by atoms with Gasteiger partial charge in [-0.3, -0.25) is 4.72 Å². The molecular formula is C11H12ClN3O3S2. The zero-order valence-electron chi connectivity index (χ0n) is 10.7. The summed E-state index contributed by atoms with van der Waals surface area (Å²) in [4.78, 5) is 7.73. The Morgan fingerprint density at radius 2 is 2.15 bits per heavy atom. The molecule has 0 fully saturated rings. The second kappa shape index (κ2) is 5.94. The van der Waals surface area contributed by atoms with Crippen molar-refractivity contribution in [3.05, 3.63) is 29.0 Å². The molecule has 0 aliphatic carbocycles. The Hall–Kier alpha value is -1.38. The molecule has 0 radical (unpaired) electrons. The van der Waals surface area contributed by atoms with Crippen molar-refractivity contribution in [2.75, 3.05) is 4.72 Å². The number of rotatable bonds is 5. The summed E-state index contributed by atoms with van der Waals surface area (Å²) in [6, 6.07) is 3.19.